The van der Waals surface area contributed by atoms with Crippen LogP contribution in [0.2, 0.25) is 0 Å². The minimum Gasteiger partial charge on any atom is -0.480 e. The number of rotatable bonds is 3. The van der Waals surface area contributed by atoms with Gasteiger partial charge in [0, 0.05) is 11.6 Å². The van der Waals surface area contributed by atoms with Gasteiger partial charge in [-0.2, -0.15) is 4.99 Å². The SMILES string of the molecule is Cc1ccc(C(=O)/N=c2\sc3cc(F)c(F)cc3n2C(C)C(=O)O)cc1. The summed E-state index contributed by atoms with van der Waals surface area (Å²) in [6.07, 6.45) is 0. The van der Waals surface area contributed by atoms with E-state index in [9.17, 15) is 23.5 Å². The van der Waals surface area contributed by atoms with Crippen molar-refractivity contribution >= 4 is 33.4 Å². The molecule has 1 atom stereocenters. The molecule has 2 aromatic carbocycles. The van der Waals surface area contributed by atoms with Gasteiger partial charge in [0.25, 0.3) is 5.91 Å². The topological polar surface area (TPSA) is 71.7 Å². The third-order valence-electron chi connectivity index (χ3n) is 3.91. The number of carbonyl (C=O) groups is 2. The van der Waals surface area contributed by atoms with Crippen LogP contribution in [0.5, 0.6) is 0 Å². The number of fused-ring (bicyclic) bond motifs is 1. The van der Waals surface area contributed by atoms with Crippen molar-refractivity contribution in [2.24, 2.45) is 4.99 Å². The summed E-state index contributed by atoms with van der Waals surface area (Å²) in [6.45, 7) is 3.26. The second-order valence-electron chi connectivity index (χ2n) is 5.79. The van der Waals surface area contributed by atoms with Crippen molar-refractivity contribution in [1.29, 1.82) is 0 Å². The maximum atomic E-state index is 13.6. The van der Waals surface area contributed by atoms with E-state index in [1.54, 1.807) is 24.3 Å². The number of nitrogens with zero attached hydrogens (tertiary/aromatic N) is 2. The van der Waals surface area contributed by atoms with Crippen LogP contribution in [0.1, 0.15) is 28.9 Å². The summed E-state index contributed by atoms with van der Waals surface area (Å²) < 4.78 is 28.7. The molecule has 0 saturated carbocycles. The molecule has 0 fully saturated rings. The molecule has 1 N–H and O–H groups in total. The van der Waals surface area contributed by atoms with Crippen LogP contribution >= 0.6 is 11.3 Å². The molecule has 1 heterocycles. The lowest BCUT2D eigenvalue weighted by Gasteiger charge is -2.10. The third kappa shape index (κ3) is 3.28. The predicted molar refractivity (Wildman–Crippen MR) is 93.2 cm³/mol. The highest BCUT2D eigenvalue weighted by molar-refractivity contribution is 7.16. The minimum absolute atomic E-state index is 0.0606. The average molecular weight is 376 g/mol. The molecule has 1 aromatic heterocycles. The van der Waals surface area contributed by atoms with Gasteiger partial charge in [0.1, 0.15) is 6.04 Å². The van der Waals surface area contributed by atoms with E-state index in [1.807, 2.05) is 6.92 Å². The summed E-state index contributed by atoms with van der Waals surface area (Å²) in [5.41, 5.74) is 1.48. The van der Waals surface area contributed by atoms with Gasteiger partial charge in [0.05, 0.1) is 10.2 Å². The Kier molecular flexibility index (Phi) is 4.69. The molecule has 0 bridgehead atoms. The first-order chi connectivity index (χ1) is 12.3. The number of aromatic nitrogens is 1. The summed E-state index contributed by atoms with van der Waals surface area (Å²) in [4.78, 5) is 27.9. The van der Waals surface area contributed by atoms with Crippen LogP contribution in [0, 0.1) is 18.6 Å². The zero-order chi connectivity index (χ0) is 19.0. The largest absolute Gasteiger partial charge is 0.480 e. The summed E-state index contributed by atoms with van der Waals surface area (Å²) in [5, 5.41) is 9.33. The fourth-order valence-corrected chi connectivity index (χ4v) is 3.55. The van der Waals surface area contributed by atoms with E-state index < -0.39 is 29.6 Å². The summed E-state index contributed by atoms with van der Waals surface area (Å²) >= 11 is 0.924. The van der Waals surface area contributed by atoms with Crippen molar-refractivity contribution in [2.45, 2.75) is 19.9 Å². The van der Waals surface area contributed by atoms with Crippen LogP contribution in [-0.2, 0) is 4.79 Å². The number of carbonyl (C=O) groups excluding carboxylic acids is 1. The molecule has 8 heteroatoms. The van der Waals surface area contributed by atoms with Gasteiger partial charge in [-0.1, -0.05) is 29.0 Å². The van der Waals surface area contributed by atoms with E-state index in [4.69, 9.17) is 0 Å². The Bertz CT molecular complexity index is 1080. The van der Waals surface area contributed by atoms with Crippen molar-refractivity contribution in [3.63, 3.8) is 0 Å². The van der Waals surface area contributed by atoms with Gasteiger partial charge in [-0.05, 0) is 32.0 Å². The second-order valence-corrected chi connectivity index (χ2v) is 6.79. The zero-order valence-electron chi connectivity index (χ0n) is 13.9. The van der Waals surface area contributed by atoms with Crippen LogP contribution < -0.4 is 4.80 Å². The van der Waals surface area contributed by atoms with E-state index in [0.29, 0.717) is 10.3 Å². The number of amides is 1. The Hall–Kier alpha value is -2.87. The highest BCUT2D eigenvalue weighted by atomic mass is 32.1. The maximum absolute atomic E-state index is 13.6. The fourth-order valence-electron chi connectivity index (χ4n) is 2.45. The Morgan fingerprint density at radius 3 is 2.38 bits per heavy atom. The first-order valence-electron chi connectivity index (χ1n) is 7.66. The fraction of sp³-hybridized carbons (Fsp3) is 0.167. The molecule has 0 spiro atoms. The van der Waals surface area contributed by atoms with E-state index in [2.05, 4.69) is 4.99 Å². The van der Waals surface area contributed by atoms with Crippen LogP contribution in [0.4, 0.5) is 8.78 Å². The zero-order valence-corrected chi connectivity index (χ0v) is 14.7. The molecule has 3 rings (SSSR count). The molecular formula is C18H14F2N2O3S. The minimum atomic E-state index is -1.18. The summed E-state index contributed by atoms with van der Waals surface area (Å²) in [6, 6.07) is 7.50. The highest BCUT2D eigenvalue weighted by Crippen LogP contribution is 2.24. The van der Waals surface area contributed by atoms with Crippen LogP contribution in [0.3, 0.4) is 0 Å². The first kappa shape index (κ1) is 17.9. The lowest BCUT2D eigenvalue weighted by atomic mass is 10.1. The van der Waals surface area contributed by atoms with Gasteiger partial charge in [0.15, 0.2) is 16.4 Å². The van der Waals surface area contributed by atoms with Crippen molar-refractivity contribution in [3.8, 4) is 0 Å². The molecule has 0 aliphatic heterocycles. The number of aryl methyl sites for hydroxylation is 1. The summed E-state index contributed by atoms with van der Waals surface area (Å²) in [5.74, 6) is -3.90. The van der Waals surface area contributed by atoms with Crippen molar-refractivity contribution in [3.05, 3.63) is 64.0 Å². The third-order valence-corrected chi connectivity index (χ3v) is 4.93. The van der Waals surface area contributed by atoms with Gasteiger partial charge in [0.2, 0.25) is 0 Å². The number of aliphatic carboxylic acids is 1. The standard InChI is InChI=1S/C18H14F2N2O3S/c1-9-3-5-11(6-4-9)16(23)21-18-22(10(2)17(24)25)14-7-12(19)13(20)8-15(14)26-18/h3-8,10H,1-2H3,(H,24,25)/b21-18-. The smallest absolute Gasteiger partial charge is 0.326 e. The Morgan fingerprint density at radius 2 is 1.77 bits per heavy atom. The molecule has 0 aliphatic carbocycles. The van der Waals surface area contributed by atoms with E-state index in [0.717, 1.165) is 29.0 Å². The quantitative estimate of drug-likeness (QED) is 0.758. The average Bonchev–Trinajstić information content (AvgIpc) is 2.91. The number of carboxylic acids is 1. The lowest BCUT2D eigenvalue weighted by Crippen LogP contribution is -2.25. The van der Waals surface area contributed by atoms with Gasteiger partial charge in [-0.15, -0.1) is 0 Å². The first-order valence-corrected chi connectivity index (χ1v) is 8.48. The van der Waals surface area contributed by atoms with Crippen molar-refractivity contribution < 1.29 is 23.5 Å². The normalized spacial score (nSPS) is 13.2. The maximum Gasteiger partial charge on any atom is 0.326 e. The van der Waals surface area contributed by atoms with E-state index >= 15 is 0 Å². The van der Waals surface area contributed by atoms with Crippen LogP contribution in [0.15, 0.2) is 41.4 Å². The molecule has 0 aliphatic rings. The number of benzene rings is 2. The van der Waals surface area contributed by atoms with Crippen LogP contribution in [-0.4, -0.2) is 21.6 Å². The molecule has 134 valence electrons. The molecule has 1 amide bonds. The van der Waals surface area contributed by atoms with Crippen molar-refractivity contribution in [1.82, 2.24) is 4.57 Å². The van der Waals surface area contributed by atoms with Gasteiger partial charge in [-0.3, -0.25) is 4.79 Å². The highest BCUT2D eigenvalue weighted by Gasteiger charge is 2.20. The Morgan fingerprint density at radius 1 is 1.15 bits per heavy atom. The molecule has 0 saturated heterocycles. The van der Waals surface area contributed by atoms with Gasteiger partial charge >= 0.3 is 5.97 Å². The Labute approximate surface area is 150 Å². The molecule has 3 aromatic rings. The second kappa shape index (κ2) is 6.80. The summed E-state index contributed by atoms with van der Waals surface area (Å²) in [7, 11) is 0. The molecule has 0 radical (unpaired) electrons. The monoisotopic (exact) mass is 376 g/mol. The number of halogens is 2. The van der Waals surface area contributed by atoms with Crippen molar-refractivity contribution in [2.75, 3.05) is 0 Å². The van der Waals surface area contributed by atoms with Gasteiger partial charge in [-0.25, -0.2) is 13.6 Å². The molecular weight excluding hydrogens is 362 g/mol. The van der Waals surface area contributed by atoms with E-state index in [1.165, 1.54) is 11.5 Å². The van der Waals surface area contributed by atoms with Gasteiger partial charge < -0.3 is 9.67 Å². The molecule has 1 unspecified atom stereocenters. The lowest BCUT2D eigenvalue weighted by molar-refractivity contribution is -0.140. The number of hydrogen-bond donors (Lipinski definition) is 1. The number of carboxylic acid groups (broad SMARTS) is 1. The number of thiazole rings is 1. The molecule has 26 heavy (non-hydrogen) atoms. The number of hydrogen-bond acceptors (Lipinski definition) is 3. The molecule has 5 nitrogen and oxygen atoms in total. The van der Waals surface area contributed by atoms with Crippen LogP contribution in [0.25, 0.3) is 10.2 Å². The predicted octanol–water partition coefficient (Wildman–Crippen LogP) is 3.68. The Balaban J connectivity index is 2.23. The van der Waals surface area contributed by atoms with E-state index in [-0.39, 0.29) is 10.3 Å².